The number of carbonyl (C=O) groups excluding carboxylic acids is 1. The van der Waals surface area contributed by atoms with Crippen molar-refractivity contribution in [2.75, 3.05) is 6.54 Å². The van der Waals surface area contributed by atoms with Crippen LogP contribution in [0.4, 0.5) is 4.79 Å². The van der Waals surface area contributed by atoms with Crippen LogP contribution in [0.5, 0.6) is 0 Å². The molecule has 2 atom stereocenters. The number of benzene rings is 1. The first kappa shape index (κ1) is 14.9. The third-order valence-electron chi connectivity index (χ3n) is 4.36. The predicted octanol–water partition coefficient (Wildman–Crippen LogP) is 3.51. The molecule has 1 fully saturated rings. The lowest BCUT2D eigenvalue weighted by Crippen LogP contribution is -2.52. The van der Waals surface area contributed by atoms with E-state index in [4.69, 9.17) is 0 Å². The normalized spacial score (nSPS) is 22.6. The van der Waals surface area contributed by atoms with E-state index < -0.39 is 0 Å². The van der Waals surface area contributed by atoms with Gasteiger partial charge in [-0.05, 0) is 57.6 Å². The minimum atomic E-state index is 0.0956. The molecule has 2 amide bonds. The fourth-order valence-corrected chi connectivity index (χ4v) is 3.11. The average Bonchev–Trinajstić information content (AvgIpc) is 2.41. The van der Waals surface area contributed by atoms with E-state index in [-0.39, 0.29) is 6.03 Å². The zero-order chi connectivity index (χ0) is 14.5. The second-order valence-electron chi connectivity index (χ2n) is 5.94. The number of carbonyl (C=O) groups is 1. The van der Waals surface area contributed by atoms with Crippen LogP contribution in [-0.2, 0) is 6.42 Å². The lowest BCUT2D eigenvalue weighted by Gasteiger charge is -2.38. The Labute approximate surface area is 122 Å². The van der Waals surface area contributed by atoms with Gasteiger partial charge in [0.25, 0.3) is 0 Å². The highest BCUT2D eigenvalue weighted by molar-refractivity contribution is 5.75. The van der Waals surface area contributed by atoms with Crippen LogP contribution < -0.4 is 5.32 Å². The van der Waals surface area contributed by atoms with E-state index in [1.54, 1.807) is 0 Å². The van der Waals surface area contributed by atoms with Crippen molar-refractivity contribution in [3.05, 3.63) is 35.4 Å². The van der Waals surface area contributed by atoms with E-state index in [0.29, 0.717) is 18.6 Å². The summed E-state index contributed by atoms with van der Waals surface area (Å²) >= 11 is 0. The summed E-state index contributed by atoms with van der Waals surface area (Å²) in [5, 5.41) is 3.08. The van der Waals surface area contributed by atoms with Gasteiger partial charge in [0, 0.05) is 18.6 Å². The molecule has 3 nitrogen and oxygen atoms in total. The Balaban J connectivity index is 1.84. The molecule has 1 saturated heterocycles. The zero-order valence-corrected chi connectivity index (χ0v) is 12.9. The van der Waals surface area contributed by atoms with Crippen molar-refractivity contribution in [3.8, 4) is 0 Å². The molecular weight excluding hydrogens is 248 g/mol. The number of nitrogens with zero attached hydrogens (tertiary/aromatic N) is 1. The molecule has 1 heterocycles. The Kier molecular flexibility index (Phi) is 5.05. The lowest BCUT2D eigenvalue weighted by molar-refractivity contribution is 0.123. The standard InChI is InChI=1S/C17H26N2O/c1-13-7-4-5-10-16(13)11-12-18-17(20)19-14(2)8-6-9-15(19)3/h4-5,7,10,14-15H,6,8-9,11-12H2,1-3H3,(H,18,20). The Morgan fingerprint density at radius 2 is 1.90 bits per heavy atom. The molecule has 1 aromatic rings. The number of piperidine rings is 1. The van der Waals surface area contributed by atoms with E-state index in [1.807, 2.05) is 4.90 Å². The molecule has 1 aliphatic rings. The first-order chi connectivity index (χ1) is 9.59. The minimum Gasteiger partial charge on any atom is -0.338 e. The van der Waals surface area contributed by atoms with Crippen LogP contribution in [0.25, 0.3) is 0 Å². The van der Waals surface area contributed by atoms with Crippen molar-refractivity contribution >= 4 is 6.03 Å². The summed E-state index contributed by atoms with van der Waals surface area (Å²) in [5.41, 5.74) is 2.61. The summed E-state index contributed by atoms with van der Waals surface area (Å²) in [6.07, 6.45) is 4.37. The van der Waals surface area contributed by atoms with Crippen molar-refractivity contribution in [2.45, 2.75) is 58.5 Å². The number of rotatable bonds is 3. The zero-order valence-electron chi connectivity index (χ0n) is 12.9. The van der Waals surface area contributed by atoms with Crippen LogP contribution >= 0.6 is 0 Å². The highest BCUT2D eigenvalue weighted by atomic mass is 16.2. The maximum absolute atomic E-state index is 12.3. The van der Waals surface area contributed by atoms with E-state index in [0.717, 1.165) is 19.3 Å². The minimum absolute atomic E-state index is 0.0956. The first-order valence-corrected chi connectivity index (χ1v) is 7.70. The van der Waals surface area contributed by atoms with Crippen LogP contribution in [0.2, 0.25) is 0 Å². The molecule has 2 unspecified atom stereocenters. The Hall–Kier alpha value is -1.51. The molecule has 3 heteroatoms. The molecule has 0 bridgehead atoms. The Morgan fingerprint density at radius 3 is 2.55 bits per heavy atom. The summed E-state index contributed by atoms with van der Waals surface area (Å²) in [4.78, 5) is 14.3. The quantitative estimate of drug-likeness (QED) is 0.898. The van der Waals surface area contributed by atoms with Crippen LogP contribution in [0.3, 0.4) is 0 Å². The number of aryl methyl sites for hydroxylation is 1. The molecule has 0 radical (unpaired) electrons. The van der Waals surface area contributed by atoms with Gasteiger partial charge in [-0.25, -0.2) is 4.79 Å². The van der Waals surface area contributed by atoms with E-state index in [9.17, 15) is 4.79 Å². The van der Waals surface area contributed by atoms with Crippen molar-refractivity contribution in [2.24, 2.45) is 0 Å². The van der Waals surface area contributed by atoms with Crippen molar-refractivity contribution < 1.29 is 4.79 Å². The summed E-state index contributed by atoms with van der Waals surface area (Å²) in [7, 11) is 0. The Bertz CT molecular complexity index is 448. The maximum atomic E-state index is 12.3. The third-order valence-corrected chi connectivity index (χ3v) is 4.36. The molecule has 20 heavy (non-hydrogen) atoms. The summed E-state index contributed by atoms with van der Waals surface area (Å²) < 4.78 is 0. The third kappa shape index (κ3) is 3.53. The van der Waals surface area contributed by atoms with Gasteiger partial charge < -0.3 is 10.2 Å². The smallest absolute Gasteiger partial charge is 0.317 e. The van der Waals surface area contributed by atoms with E-state index in [2.05, 4.69) is 50.4 Å². The van der Waals surface area contributed by atoms with Gasteiger partial charge in [0.05, 0.1) is 0 Å². The summed E-state index contributed by atoms with van der Waals surface area (Å²) in [6, 6.07) is 9.17. The molecule has 0 saturated carbocycles. The number of urea groups is 1. The summed E-state index contributed by atoms with van der Waals surface area (Å²) in [5.74, 6) is 0. The second kappa shape index (κ2) is 6.78. The van der Waals surface area contributed by atoms with Crippen molar-refractivity contribution in [1.82, 2.24) is 10.2 Å². The number of likely N-dealkylation sites (tertiary alicyclic amines) is 1. The van der Waals surface area contributed by atoms with Gasteiger partial charge in [0.1, 0.15) is 0 Å². The number of hydrogen-bond donors (Lipinski definition) is 1. The molecule has 1 aromatic carbocycles. The van der Waals surface area contributed by atoms with Gasteiger partial charge in [0.15, 0.2) is 0 Å². The summed E-state index contributed by atoms with van der Waals surface area (Å²) in [6.45, 7) is 7.12. The van der Waals surface area contributed by atoms with E-state index in [1.165, 1.54) is 17.5 Å². The highest BCUT2D eigenvalue weighted by Crippen LogP contribution is 2.22. The molecule has 1 N–H and O–H groups in total. The molecule has 110 valence electrons. The topological polar surface area (TPSA) is 32.3 Å². The van der Waals surface area contributed by atoms with Crippen LogP contribution in [-0.4, -0.2) is 29.6 Å². The highest BCUT2D eigenvalue weighted by Gasteiger charge is 2.28. The average molecular weight is 274 g/mol. The first-order valence-electron chi connectivity index (χ1n) is 7.70. The van der Waals surface area contributed by atoms with Gasteiger partial charge in [-0.2, -0.15) is 0 Å². The predicted molar refractivity (Wildman–Crippen MR) is 82.9 cm³/mol. The molecule has 0 aromatic heterocycles. The van der Waals surface area contributed by atoms with Crippen LogP contribution in [0.15, 0.2) is 24.3 Å². The number of amides is 2. The van der Waals surface area contributed by atoms with Crippen LogP contribution in [0.1, 0.15) is 44.2 Å². The number of nitrogens with one attached hydrogen (secondary N) is 1. The van der Waals surface area contributed by atoms with Gasteiger partial charge >= 0.3 is 6.03 Å². The molecular formula is C17H26N2O. The second-order valence-corrected chi connectivity index (χ2v) is 5.94. The van der Waals surface area contributed by atoms with Gasteiger partial charge in [0.2, 0.25) is 0 Å². The van der Waals surface area contributed by atoms with Gasteiger partial charge in [-0.1, -0.05) is 24.3 Å². The van der Waals surface area contributed by atoms with Crippen molar-refractivity contribution in [1.29, 1.82) is 0 Å². The number of hydrogen-bond acceptors (Lipinski definition) is 1. The van der Waals surface area contributed by atoms with Crippen LogP contribution in [0, 0.1) is 6.92 Å². The lowest BCUT2D eigenvalue weighted by atomic mass is 9.98. The molecule has 0 aliphatic carbocycles. The molecule has 1 aliphatic heterocycles. The molecule has 2 rings (SSSR count). The van der Waals surface area contributed by atoms with E-state index >= 15 is 0 Å². The maximum Gasteiger partial charge on any atom is 0.317 e. The SMILES string of the molecule is Cc1ccccc1CCNC(=O)N1C(C)CCCC1C. The van der Waals surface area contributed by atoms with Gasteiger partial charge in [-0.15, -0.1) is 0 Å². The Morgan fingerprint density at radius 1 is 1.25 bits per heavy atom. The van der Waals surface area contributed by atoms with Crippen molar-refractivity contribution in [3.63, 3.8) is 0 Å². The fourth-order valence-electron chi connectivity index (χ4n) is 3.11. The molecule has 0 spiro atoms. The fraction of sp³-hybridized carbons (Fsp3) is 0.588. The largest absolute Gasteiger partial charge is 0.338 e. The van der Waals surface area contributed by atoms with Gasteiger partial charge in [-0.3, -0.25) is 0 Å². The monoisotopic (exact) mass is 274 g/mol.